The Morgan fingerprint density at radius 1 is 1.27 bits per heavy atom. The lowest BCUT2D eigenvalue weighted by Gasteiger charge is -2.24. The van der Waals surface area contributed by atoms with E-state index in [-0.39, 0.29) is 36.4 Å². The molecule has 9 heteroatoms. The summed E-state index contributed by atoms with van der Waals surface area (Å²) in [6.45, 7) is 3.61. The van der Waals surface area contributed by atoms with Gasteiger partial charge in [-0.15, -0.1) is 0 Å². The molecule has 0 radical (unpaired) electrons. The topological polar surface area (TPSA) is 127 Å². The van der Waals surface area contributed by atoms with Crippen LogP contribution < -0.4 is 21.9 Å². The maximum absolute atomic E-state index is 12.8. The average molecular weight is 414 g/mol. The number of esters is 1. The Bertz CT molecular complexity index is 1040. The third-order valence-electron chi connectivity index (χ3n) is 5.17. The lowest BCUT2D eigenvalue weighted by molar-refractivity contribution is -0.149. The molecule has 3 N–H and O–H groups in total. The highest BCUT2D eigenvalue weighted by Gasteiger charge is 2.41. The number of aromatic amines is 1. The fourth-order valence-electron chi connectivity index (χ4n) is 3.31. The fraction of sp³-hybridized carbons (Fsp3) is 0.429. The first-order valence-electron chi connectivity index (χ1n) is 9.97. The molecule has 1 amide bonds. The molecular weight excluding hydrogens is 388 g/mol. The maximum Gasteiger partial charge on any atom is 0.330 e. The number of nitrogens with one attached hydrogen (secondary N) is 1. The van der Waals surface area contributed by atoms with Crippen molar-refractivity contribution in [3.63, 3.8) is 0 Å². The largest absolute Gasteiger partial charge is 0.455 e. The van der Waals surface area contributed by atoms with E-state index in [2.05, 4.69) is 4.98 Å². The van der Waals surface area contributed by atoms with Crippen molar-refractivity contribution in [2.24, 2.45) is 11.8 Å². The van der Waals surface area contributed by atoms with Gasteiger partial charge >= 0.3 is 11.7 Å². The molecule has 1 aromatic carbocycles. The summed E-state index contributed by atoms with van der Waals surface area (Å²) in [6.07, 6.45) is 1.29. The van der Waals surface area contributed by atoms with Crippen molar-refractivity contribution in [1.82, 2.24) is 9.55 Å². The second-order valence-corrected chi connectivity index (χ2v) is 7.54. The molecule has 1 aliphatic rings. The summed E-state index contributed by atoms with van der Waals surface area (Å²) in [7, 11) is 0. The molecule has 160 valence electrons. The van der Waals surface area contributed by atoms with Gasteiger partial charge in [-0.2, -0.15) is 0 Å². The number of benzene rings is 1. The number of anilines is 2. The standard InChI is InChI=1S/C21H26N4O5/c1-3-9-24(16(26)12-30-20(28)15-10-13(15)2)17-18(22)25(21(29)23-19(17)27)11-14-7-5-4-6-8-14/h4-8,13,15H,3,9-12,22H2,1-2H3,(H,23,27,29)/t13-,15-/m0/s1. The van der Waals surface area contributed by atoms with Crippen LogP contribution in [0.2, 0.25) is 0 Å². The van der Waals surface area contributed by atoms with Crippen LogP contribution in [-0.4, -0.2) is 34.6 Å². The van der Waals surface area contributed by atoms with Crippen LogP contribution in [0, 0.1) is 11.8 Å². The number of hydrogen-bond acceptors (Lipinski definition) is 6. The normalized spacial score (nSPS) is 17.4. The van der Waals surface area contributed by atoms with Gasteiger partial charge in [0.15, 0.2) is 12.3 Å². The van der Waals surface area contributed by atoms with Crippen LogP contribution in [-0.2, 0) is 20.9 Å². The number of hydrogen-bond donors (Lipinski definition) is 2. The number of carbonyl (C=O) groups excluding carboxylic acids is 2. The van der Waals surface area contributed by atoms with Gasteiger partial charge in [-0.25, -0.2) is 4.79 Å². The van der Waals surface area contributed by atoms with Gasteiger partial charge in [0.1, 0.15) is 5.82 Å². The van der Waals surface area contributed by atoms with Crippen molar-refractivity contribution in [2.75, 3.05) is 23.8 Å². The molecular formula is C21H26N4O5. The maximum atomic E-state index is 12.8. The van der Waals surface area contributed by atoms with Crippen LogP contribution in [0.5, 0.6) is 0 Å². The van der Waals surface area contributed by atoms with Crippen molar-refractivity contribution in [2.45, 2.75) is 33.2 Å². The Labute approximate surface area is 173 Å². The number of rotatable bonds is 8. The summed E-state index contributed by atoms with van der Waals surface area (Å²) in [6, 6.07) is 9.14. The van der Waals surface area contributed by atoms with Gasteiger partial charge in [0, 0.05) is 6.54 Å². The van der Waals surface area contributed by atoms with E-state index in [0.717, 1.165) is 12.0 Å². The highest BCUT2D eigenvalue weighted by atomic mass is 16.5. The lowest BCUT2D eigenvalue weighted by atomic mass is 10.2. The van der Waals surface area contributed by atoms with Crippen LogP contribution in [0.4, 0.5) is 11.5 Å². The first-order chi connectivity index (χ1) is 14.3. The Balaban J connectivity index is 1.88. The van der Waals surface area contributed by atoms with Gasteiger partial charge in [-0.3, -0.25) is 23.9 Å². The second-order valence-electron chi connectivity index (χ2n) is 7.54. The third-order valence-corrected chi connectivity index (χ3v) is 5.17. The van der Waals surface area contributed by atoms with Crippen molar-refractivity contribution in [3.8, 4) is 0 Å². The highest BCUT2D eigenvalue weighted by Crippen LogP contribution is 2.38. The number of H-pyrrole nitrogens is 1. The minimum absolute atomic E-state index is 0.114. The van der Waals surface area contributed by atoms with Gasteiger partial charge in [0.05, 0.1) is 12.5 Å². The molecule has 0 bridgehead atoms. The van der Waals surface area contributed by atoms with Crippen molar-refractivity contribution >= 4 is 23.4 Å². The summed E-state index contributed by atoms with van der Waals surface area (Å²) in [5, 5.41) is 0. The molecule has 30 heavy (non-hydrogen) atoms. The van der Waals surface area contributed by atoms with Crippen molar-refractivity contribution in [1.29, 1.82) is 0 Å². The lowest BCUT2D eigenvalue weighted by Crippen LogP contribution is -2.43. The molecule has 0 aliphatic heterocycles. The molecule has 2 aromatic rings. The van der Waals surface area contributed by atoms with E-state index in [4.69, 9.17) is 10.5 Å². The number of nitrogens with two attached hydrogens (primary N) is 1. The Hall–Kier alpha value is -3.36. The zero-order valence-electron chi connectivity index (χ0n) is 17.1. The number of ether oxygens (including phenoxy) is 1. The molecule has 0 unspecified atom stereocenters. The summed E-state index contributed by atoms with van der Waals surface area (Å²) in [5.74, 6) is -1.00. The minimum atomic E-state index is -0.759. The van der Waals surface area contributed by atoms with Gasteiger partial charge in [0.25, 0.3) is 11.5 Å². The first-order valence-corrected chi connectivity index (χ1v) is 9.97. The summed E-state index contributed by atoms with van der Waals surface area (Å²) in [4.78, 5) is 53.0. The van der Waals surface area contributed by atoms with Gasteiger partial charge < -0.3 is 15.4 Å². The van der Waals surface area contributed by atoms with Crippen molar-refractivity contribution in [3.05, 3.63) is 56.7 Å². The SMILES string of the molecule is CCCN(C(=O)COC(=O)[C@H]1C[C@@H]1C)c1c(N)n(Cc2ccccc2)c(=O)[nH]c1=O. The van der Waals surface area contributed by atoms with E-state index in [9.17, 15) is 19.2 Å². The van der Waals surface area contributed by atoms with Gasteiger partial charge in [0.2, 0.25) is 0 Å². The molecule has 1 aromatic heterocycles. The predicted molar refractivity (Wildman–Crippen MR) is 112 cm³/mol. The Morgan fingerprint density at radius 3 is 2.53 bits per heavy atom. The number of amides is 1. The molecule has 1 aliphatic carbocycles. The van der Waals surface area contributed by atoms with Gasteiger partial charge in [-0.05, 0) is 24.3 Å². The molecule has 1 fully saturated rings. The molecule has 2 atom stereocenters. The highest BCUT2D eigenvalue weighted by molar-refractivity contribution is 5.97. The summed E-state index contributed by atoms with van der Waals surface area (Å²) >= 11 is 0. The predicted octanol–water partition coefficient (Wildman–Crippen LogP) is 1.11. The zero-order valence-corrected chi connectivity index (χ0v) is 17.1. The van der Waals surface area contributed by atoms with E-state index in [1.807, 2.05) is 44.2 Å². The quantitative estimate of drug-likeness (QED) is 0.623. The smallest absolute Gasteiger partial charge is 0.330 e. The monoisotopic (exact) mass is 414 g/mol. The molecule has 1 heterocycles. The second kappa shape index (κ2) is 8.98. The fourth-order valence-corrected chi connectivity index (χ4v) is 3.31. The molecule has 0 spiro atoms. The molecule has 9 nitrogen and oxygen atoms in total. The van der Waals surface area contributed by atoms with Crippen LogP contribution >= 0.6 is 0 Å². The van der Waals surface area contributed by atoms with E-state index in [0.29, 0.717) is 6.42 Å². The Morgan fingerprint density at radius 2 is 1.93 bits per heavy atom. The Kier molecular flexibility index (Phi) is 6.39. The summed E-state index contributed by atoms with van der Waals surface area (Å²) in [5.41, 5.74) is 5.45. The summed E-state index contributed by atoms with van der Waals surface area (Å²) < 4.78 is 6.33. The molecule has 0 saturated heterocycles. The van der Waals surface area contributed by atoms with E-state index in [1.165, 1.54) is 9.47 Å². The van der Waals surface area contributed by atoms with E-state index in [1.54, 1.807) is 0 Å². The van der Waals surface area contributed by atoms with Crippen LogP contribution in [0.3, 0.4) is 0 Å². The number of aromatic nitrogens is 2. The molecule has 1 saturated carbocycles. The van der Waals surface area contributed by atoms with Gasteiger partial charge in [-0.1, -0.05) is 44.2 Å². The molecule has 3 rings (SSSR count). The van der Waals surface area contributed by atoms with E-state index < -0.39 is 29.7 Å². The van der Waals surface area contributed by atoms with Crippen LogP contribution in [0.1, 0.15) is 32.3 Å². The number of nitrogens with zero attached hydrogens (tertiary/aromatic N) is 2. The number of carbonyl (C=O) groups is 2. The number of nitrogen functional groups attached to an aromatic ring is 1. The third kappa shape index (κ3) is 4.61. The first kappa shape index (κ1) is 21.4. The van der Waals surface area contributed by atoms with E-state index >= 15 is 0 Å². The average Bonchev–Trinajstić information content (AvgIpc) is 3.45. The van der Waals surface area contributed by atoms with Crippen LogP contribution in [0.25, 0.3) is 0 Å². The minimum Gasteiger partial charge on any atom is -0.455 e. The zero-order chi connectivity index (χ0) is 21.8. The van der Waals surface area contributed by atoms with Crippen LogP contribution in [0.15, 0.2) is 39.9 Å². The van der Waals surface area contributed by atoms with Crippen molar-refractivity contribution < 1.29 is 14.3 Å².